The molecule has 1 amide bonds. The predicted octanol–water partition coefficient (Wildman–Crippen LogP) is 0.781. The molecular weight excluding hydrogens is 204 g/mol. The van der Waals surface area contributed by atoms with Crippen LogP contribution in [0.2, 0.25) is 0 Å². The van der Waals surface area contributed by atoms with Gasteiger partial charge >= 0.3 is 0 Å². The van der Waals surface area contributed by atoms with Crippen molar-refractivity contribution >= 4 is 5.91 Å². The average molecular weight is 228 g/mol. The monoisotopic (exact) mass is 228 g/mol. The van der Waals surface area contributed by atoms with Gasteiger partial charge in [0.05, 0.1) is 5.54 Å². The van der Waals surface area contributed by atoms with Crippen LogP contribution in [0.3, 0.4) is 0 Å². The molecule has 1 rings (SSSR count). The number of hydrogen-bond acceptors (Lipinski definition) is 3. The molecule has 0 aromatic heterocycles. The van der Waals surface area contributed by atoms with Crippen molar-refractivity contribution in [3.63, 3.8) is 0 Å². The zero-order valence-electron chi connectivity index (χ0n) is 10.3. The van der Waals surface area contributed by atoms with E-state index in [9.17, 15) is 4.79 Å². The molecule has 1 unspecified atom stereocenters. The maximum absolute atomic E-state index is 12.0. The molecule has 4 N–H and O–H groups in total. The van der Waals surface area contributed by atoms with Gasteiger partial charge in [0.1, 0.15) is 0 Å². The molecule has 0 spiro atoms. The first-order chi connectivity index (χ1) is 7.49. The highest BCUT2D eigenvalue weighted by atomic mass is 16.3. The smallest absolute Gasteiger partial charge is 0.240 e. The van der Waals surface area contributed by atoms with Crippen LogP contribution in [0.4, 0.5) is 0 Å². The van der Waals surface area contributed by atoms with E-state index >= 15 is 0 Å². The van der Waals surface area contributed by atoms with Gasteiger partial charge in [-0.25, -0.2) is 0 Å². The second-order valence-electron chi connectivity index (χ2n) is 5.20. The minimum Gasteiger partial charge on any atom is -0.396 e. The zero-order valence-corrected chi connectivity index (χ0v) is 10.3. The summed E-state index contributed by atoms with van der Waals surface area (Å²) in [7, 11) is 0. The van der Waals surface area contributed by atoms with Gasteiger partial charge in [-0.2, -0.15) is 0 Å². The van der Waals surface area contributed by atoms with Crippen LogP contribution < -0.4 is 11.1 Å². The minimum absolute atomic E-state index is 0.0264. The largest absolute Gasteiger partial charge is 0.396 e. The lowest BCUT2D eigenvalue weighted by atomic mass is 9.95. The third-order valence-electron chi connectivity index (χ3n) is 3.51. The van der Waals surface area contributed by atoms with Gasteiger partial charge in [-0.1, -0.05) is 26.7 Å². The van der Waals surface area contributed by atoms with Gasteiger partial charge in [-0.05, 0) is 25.2 Å². The number of amides is 1. The van der Waals surface area contributed by atoms with Gasteiger partial charge < -0.3 is 16.2 Å². The number of hydrogen-bond donors (Lipinski definition) is 3. The molecular formula is C12H24N2O2. The zero-order chi connectivity index (χ0) is 12.2. The summed E-state index contributed by atoms with van der Waals surface area (Å²) in [5.74, 6) is 0.276. The number of aliphatic hydroxyl groups is 1. The Kier molecular flexibility index (Phi) is 4.74. The summed E-state index contributed by atoms with van der Waals surface area (Å²) in [4.78, 5) is 12.0. The lowest BCUT2D eigenvalue weighted by molar-refractivity contribution is -0.127. The van der Waals surface area contributed by atoms with Crippen LogP contribution in [0.5, 0.6) is 0 Å². The number of aliphatic hydroxyl groups excluding tert-OH is 1. The molecule has 1 fully saturated rings. The SMILES string of the molecule is CC(C)C(CCO)NC(=O)C1(N)CCCC1. The second-order valence-corrected chi connectivity index (χ2v) is 5.20. The number of carbonyl (C=O) groups is 1. The molecule has 16 heavy (non-hydrogen) atoms. The summed E-state index contributed by atoms with van der Waals surface area (Å²) in [6.45, 7) is 4.18. The van der Waals surface area contributed by atoms with Crippen LogP contribution in [-0.2, 0) is 4.79 Å². The third-order valence-corrected chi connectivity index (χ3v) is 3.51. The van der Waals surface area contributed by atoms with Crippen molar-refractivity contribution < 1.29 is 9.90 Å². The van der Waals surface area contributed by atoms with E-state index in [1.807, 2.05) is 13.8 Å². The average Bonchev–Trinajstić information content (AvgIpc) is 2.65. The molecule has 1 aliphatic carbocycles. The normalized spacial score (nSPS) is 21.1. The fourth-order valence-electron chi connectivity index (χ4n) is 2.26. The van der Waals surface area contributed by atoms with E-state index in [1.165, 1.54) is 0 Å². The highest BCUT2D eigenvalue weighted by molar-refractivity contribution is 5.86. The summed E-state index contributed by atoms with van der Waals surface area (Å²) in [5.41, 5.74) is 5.41. The van der Waals surface area contributed by atoms with Crippen LogP contribution in [0.25, 0.3) is 0 Å². The highest BCUT2D eigenvalue weighted by Gasteiger charge is 2.37. The quantitative estimate of drug-likeness (QED) is 0.651. The van der Waals surface area contributed by atoms with Crippen LogP contribution in [0.15, 0.2) is 0 Å². The highest BCUT2D eigenvalue weighted by Crippen LogP contribution is 2.27. The molecule has 0 heterocycles. The van der Waals surface area contributed by atoms with Crippen molar-refractivity contribution in [1.82, 2.24) is 5.32 Å². The van der Waals surface area contributed by atoms with Crippen molar-refractivity contribution in [3.8, 4) is 0 Å². The second kappa shape index (κ2) is 5.64. The van der Waals surface area contributed by atoms with Gasteiger partial charge in [0.25, 0.3) is 0 Å². The molecule has 0 saturated heterocycles. The molecule has 1 aliphatic rings. The lowest BCUT2D eigenvalue weighted by Crippen LogP contribution is -2.55. The minimum atomic E-state index is -0.664. The summed E-state index contributed by atoms with van der Waals surface area (Å²) in [6.07, 6.45) is 4.23. The Bertz CT molecular complexity index is 235. The van der Waals surface area contributed by atoms with Crippen LogP contribution in [0, 0.1) is 5.92 Å². The Labute approximate surface area is 97.6 Å². The Morgan fingerprint density at radius 3 is 2.44 bits per heavy atom. The summed E-state index contributed by atoms with van der Waals surface area (Å²) < 4.78 is 0. The maximum Gasteiger partial charge on any atom is 0.240 e. The molecule has 0 bridgehead atoms. The third kappa shape index (κ3) is 3.19. The summed E-state index contributed by atoms with van der Waals surface area (Å²) in [6, 6.07) is 0.0264. The number of nitrogens with two attached hydrogens (primary N) is 1. The topological polar surface area (TPSA) is 75.3 Å². The Morgan fingerprint density at radius 1 is 1.44 bits per heavy atom. The van der Waals surface area contributed by atoms with Crippen molar-refractivity contribution in [2.24, 2.45) is 11.7 Å². The molecule has 1 atom stereocenters. The van der Waals surface area contributed by atoms with Crippen molar-refractivity contribution in [2.75, 3.05) is 6.61 Å². The van der Waals surface area contributed by atoms with Gasteiger partial charge in [0, 0.05) is 12.6 Å². The van der Waals surface area contributed by atoms with Gasteiger partial charge in [0.2, 0.25) is 5.91 Å². The molecule has 0 radical (unpaired) electrons. The fourth-order valence-corrected chi connectivity index (χ4v) is 2.26. The number of nitrogens with one attached hydrogen (secondary N) is 1. The molecule has 0 aromatic rings. The van der Waals surface area contributed by atoms with Crippen LogP contribution in [-0.4, -0.2) is 29.2 Å². The molecule has 0 aromatic carbocycles. The van der Waals surface area contributed by atoms with E-state index in [2.05, 4.69) is 5.32 Å². The standard InChI is InChI=1S/C12H24N2O2/c1-9(2)10(5-8-15)14-11(16)12(13)6-3-4-7-12/h9-10,15H,3-8,13H2,1-2H3,(H,14,16). The fraction of sp³-hybridized carbons (Fsp3) is 0.917. The van der Waals surface area contributed by atoms with Crippen molar-refractivity contribution in [1.29, 1.82) is 0 Å². The van der Waals surface area contributed by atoms with Gasteiger partial charge in [0.15, 0.2) is 0 Å². The first-order valence-corrected chi connectivity index (χ1v) is 6.20. The predicted molar refractivity (Wildman–Crippen MR) is 63.9 cm³/mol. The van der Waals surface area contributed by atoms with E-state index in [4.69, 9.17) is 10.8 Å². The van der Waals surface area contributed by atoms with E-state index in [-0.39, 0.29) is 18.6 Å². The van der Waals surface area contributed by atoms with Gasteiger partial charge in [-0.15, -0.1) is 0 Å². The van der Waals surface area contributed by atoms with Crippen LogP contribution in [0.1, 0.15) is 46.0 Å². The Morgan fingerprint density at radius 2 is 2.00 bits per heavy atom. The first-order valence-electron chi connectivity index (χ1n) is 6.20. The van der Waals surface area contributed by atoms with Gasteiger partial charge in [-0.3, -0.25) is 4.79 Å². The maximum atomic E-state index is 12.0. The van der Waals surface area contributed by atoms with E-state index in [0.717, 1.165) is 25.7 Å². The summed E-state index contributed by atoms with van der Waals surface area (Å²) in [5, 5.41) is 11.9. The van der Waals surface area contributed by atoms with Crippen molar-refractivity contribution in [3.05, 3.63) is 0 Å². The molecule has 4 heteroatoms. The molecule has 1 saturated carbocycles. The number of rotatable bonds is 5. The van der Waals surface area contributed by atoms with E-state index < -0.39 is 5.54 Å². The molecule has 0 aliphatic heterocycles. The number of carbonyl (C=O) groups excluding carboxylic acids is 1. The van der Waals surface area contributed by atoms with Crippen molar-refractivity contribution in [2.45, 2.75) is 57.5 Å². The Balaban J connectivity index is 2.53. The first kappa shape index (κ1) is 13.5. The van der Waals surface area contributed by atoms with Crippen LogP contribution >= 0.6 is 0 Å². The summed E-state index contributed by atoms with van der Waals surface area (Å²) >= 11 is 0. The van der Waals surface area contributed by atoms with E-state index in [0.29, 0.717) is 12.3 Å². The molecule has 94 valence electrons. The molecule has 4 nitrogen and oxygen atoms in total. The Hall–Kier alpha value is -0.610. The lowest BCUT2D eigenvalue weighted by Gasteiger charge is -2.28. The van der Waals surface area contributed by atoms with E-state index in [1.54, 1.807) is 0 Å².